The van der Waals surface area contributed by atoms with Crippen LogP contribution < -0.4 is 9.47 Å². The van der Waals surface area contributed by atoms with Crippen molar-refractivity contribution in [3.05, 3.63) is 58.9 Å². The molecule has 0 saturated carbocycles. The summed E-state index contributed by atoms with van der Waals surface area (Å²) in [5.41, 5.74) is 2.15. The Morgan fingerprint density at radius 2 is 2.05 bits per heavy atom. The molecule has 0 bridgehead atoms. The molecular formula is C17H15FO3. The molecule has 108 valence electrons. The fraction of sp³-hybridized carbons (Fsp3) is 0.235. The van der Waals surface area contributed by atoms with E-state index in [4.69, 9.17) is 9.47 Å². The fourth-order valence-electron chi connectivity index (χ4n) is 2.56. The molecular weight excluding hydrogens is 271 g/mol. The van der Waals surface area contributed by atoms with Gasteiger partial charge in [-0.25, -0.2) is 4.39 Å². The number of fused-ring (bicyclic) bond motifs is 1. The van der Waals surface area contributed by atoms with Crippen molar-refractivity contribution in [3.8, 4) is 11.5 Å². The second-order valence-corrected chi connectivity index (χ2v) is 5.10. The molecule has 1 heterocycles. The van der Waals surface area contributed by atoms with Gasteiger partial charge in [0.2, 0.25) is 0 Å². The lowest BCUT2D eigenvalue weighted by Gasteiger charge is -2.27. The Balaban J connectivity index is 2.01. The molecule has 0 N–H and O–H groups in total. The molecule has 1 atom stereocenters. The van der Waals surface area contributed by atoms with Gasteiger partial charge in [0, 0.05) is 6.07 Å². The molecule has 2 aromatic carbocycles. The third-order valence-corrected chi connectivity index (χ3v) is 3.72. The van der Waals surface area contributed by atoms with Crippen molar-refractivity contribution in [1.29, 1.82) is 0 Å². The number of Topliss-reactive ketones (excluding diaryl/α,β-unsaturated/α-hetero) is 1. The molecule has 0 fully saturated rings. The van der Waals surface area contributed by atoms with Crippen LogP contribution in [-0.4, -0.2) is 12.9 Å². The largest absolute Gasteiger partial charge is 0.497 e. The molecule has 2 aromatic rings. The topological polar surface area (TPSA) is 35.5 Å². The number of rotatable bonds is 2. The highest BCUT2D eigenvalue weighted by Gasteiger charge is 2.29. The molecule has 4 heteroatoms. The van der Waals surface area contributed by atoms with E-state index in [0.29, 0.717) is 22.6 Å². The van der Waals surface area contributed by atoms with E-state index in [-0.39, 0.29) is 18.0 Å². The van der Waals surface area contributed by atoms with Gasteiger partial charge in [0.1, 0.15) is 23.4 Å². The summed E-state index contributed by atoms with van der Waals surface area (Å²) >= 11 is 0. The van der Waals surface area contributed by atoms with Gasteiger partial charge in [-0.3, -0.25) is 4.79 Å². The minimum Gasteiger partial charge on any atom is -0.497 e. The van der Waals surface area contributed by atoms with E-state index in [9.17, 15) is 9.18 Å². The Hall–Kier alpha value is -2.36. The predicted octanol–water partition coefficient (Wildman–Crippen LogP) is 3.85. The quantitative estimate of drug-likeness (QED) is 0.841. The number of ether oxygens (including phenoxy) is 2. The number of methoxy groups -OCH3 is 1. The Morgan fingerprint density at radius 1 is 1.24 bits per heavy atom. The van der Waals surface area contributed by atoms with Gasteiger partial charge in [-0.2, -0.15) is 0 Å². The van der Waals surface area contributed by atoms with Gasteiger partial charge in [0.15, 0.2) is 5.78 Å². The number of hydrogen-bond donors (Lipinski definition) is 0. The molecule has 3 nitrogen and oxygen atoms in total. The van der Waals surface area contributed by atoms with Crippen molar-refractivity contribution >= 4 is 5.78 Å². The maximum absolute atomic E-state index is 13.5. The summed E-state index contributed by atoms with van der Waals surface area (Å²) in [5, 5.41) is 0. The Kier molecular flexibility index (Phi) is 3.37. The van der Waals surface area contributed by atoms with Crippen LogP contribution in [0, 0.1) is 12.7 Å². The molecule has 0 spiro atoms. The van der Waals surface area contributed by atoms with Crippen LogP contribution in [0.2, 0.25) is 0 Å². The minimum atomic E-state index is -0.465. The molecule has 1 unspecified atom stereocenters. The number of hydrogen-bond acceptors (Lipinski definition) is 3. The van der Waals surface area contributed by atoms with Crippen molar-refractivity contribution < 1.29 is 18.7 Å². The minimum absolute atomic E-state index is 0.00688. The number of benzene rings is 2. The zero-order valence-corrected chi connectivity index (χ0v) is 11.9. The van der Waals surface area contributed by atoms with Gasteiger partial charge in [0.05, 0.1) is 19.1 Å². The van der Waals surface area contributed by atoms with E-state index in [2.05, 4.69) is 0 Å². The zero-order valence-electron chi connectivity index (χ0n) is 11.9. The van der Waals surface area contributed by atoms with E-state index in [1.165, 1.54) is 12.1 Å². The number of aryl methyl sites for hydroxylation is 1. The van der Waals surface area contributed by atoms with Crippen LogP contribution in [0.3, 0.4) is 0 Å². The predicted molar refractivity (Wildman–Crippen MR) is 76.4 cm³/mol. The molecule has 0 aliphatic carbocycles. The lowest BCUT2D eigenvalue weighted by molar-refractivity contribution is 0.0848. The van der Waals surface area contributed by atoms with Gasteiger partial charge >= 0.3 is 0 Å². The van der Waals surface area contributed by atoms with E-state index >= 15 is 0 Å². The van der Waals surface area contributed by atoms with Crippen LogP contribution in [0.25, 0.3) is 0 Å². The second kappa shape index (κ2) is 5.20. The molecule has 1 aliphatic rings. The van der Waals surface area contributed by atoms with Gasteiger partial charge in [0.25, 0.3) is 0 Å². The first kappa shape index (κ1) is 13.6. The van der Waals surface area contributed by atoms with E-state index in [1.54, 1.807) is 31.4 Å². The first-order chi connectivity index (χ1) is 10.1. The normalized spacial score (nSPS) is 17.1. The summed E-state index contributed by atoms with van der Waals surface area (Å²) in [6, 6.07) is 9.64. The van der Waals surface area contributed by atoms with Crippen molar-refractivity contribution in [2.75, 3.05) is 7.11 Å². The highest BCUT2D eigenvalue weighted by Crippen LogP contribution is 2.37. The number of carbonyl (C=O) groups excluding carboxylic acids is 1. The third-order valence-electron chi connectivity index (χ3n) is 3.72. The first-order valence-electron chi connectivity index (χ1n) is 6.72. The Bertz CT molecular complexity index is 709. The van der Waals surface area contributed by atoms with Crippen LogP contribution >= 0.6 is 0 Å². The van der Waals surface area contributed by atoms with Crippen molar-refractivity contribution in [2.24, 2.45) is 0 Å². The number of carbonyl (C=O) groups is 1. The van der Waals surface area contributed by atoms with Crippen LogP contribution in [0.4, 0.5) is 4.39 Å². The monoisotopic (exact) mass is 286 g/mol. The number of ketones is 1. The van der Waals surface area contributed by atoms with Gasteiger partial charge in [-0.05, 0) is 42.3 Å². The van der Waals surface area contributed by atoms with Gasteiger partial charge < -0.3 is 9.47 Å². The SMILES string of the molecule is COc1ccc2c(c1)OC(c1cc(F)ccc1C)CC2=O. The van der Waals surface area contributed by atoms with E-state index in [1.807, 2.05) is 6.92 Å². The van der Waals surface area contributed by atoms with E-state index < -0.39 is 6.10 Å². The van der Waals surface area contributed by atoms with Crippen LogP contribution in [-0.2, 0) is 0 Å². The lowest BCUT2D eigenvalue weighted by Crippen LogP contribution is -2.21. The van der Waals surface area contributed by atoms with Crippen LogP contribution in [0.1, 0.15) is 34.0 Å². The van der Waals surface area contributed by atoms with Gasteiger partial charge in [-0.15, -0.1) is 0 Å². The van der Waals surface area contributed by atoms with Crippen LogP contribution in [0.15, 0.2) is 36.4 Å². The van der Waals surface area contributed by atoms with Crippen molar-refractivity contribution in [1.82, 2.24) is 0 Å². The van der Waals surface area contributed by atoms with Gasteiger partial charge in [-0.1, -0.05) is 6.07 Å². The molecule has 0 radical (unpaired) electrons. The second-order valence-electron chi connectivity index (χ2n) is 5.10. The Labute approximate surface area is 122 Å². The standard InChI is InChI=1S/C17H15FO3/c1-10-3-4-11(18)7-14(10)17-9-15(19)13-6-5-12(20-2)8-16(13)21-17/h3-8,17H,9H2,1-2H3. The number of halogens is 1. The van der Waals surface area contributed by atoms with Crippen LogP contribution in [0.5, 0.6) is 11.5 Å². The summed E-state index contributed by atoms with van der Waals surface area (Å²) < 4.78 is 24.5. The highest BCUT2D eigenvalue weighted by molar-refractivity contribution is 6.00. The van der Waals surface area contributed by atoms with E-state index in [0.717, 1.165) is 5.56 Å². The molecule has 0 saturated heterocycles. The molecule has 0 aromatic heterocycles. The maximum Gasteiger partial charge on any atom is 0.170 e. The summed E-state index contributed by atoms with van der Waals surface area (Å²) in [5.74, 6) is 0.771. The Morgan fingerprint density at radius 3 is 2.81 bits per heavy atom. The summed E-state index contributed by atoms with van der Waals surface area (Å²) in [4.78, 5) is 12.3. The molecule has 1 aliphatic heterocycles. The lowest BCUT2D eigenvalue weighted by atomic mass is 9.94. The molecule has 21 heavy (non-hydrogen) atoms. The zero-order chi connectivity index (χ0) is 15.0. The smallest absolute Gasteiger partial charge is 0.170 e. The van der Waals surface area contributed by atoms with Crippen molar-refractivity contribution in [2.45, 2.75) is 19.4 Å². The summed E-state index contributed by atoms with van der Waals surface area (Å²) in [7, 11) is 1.56. The molecule has 0 amide bonds. The maximum atomic E-state index is 13.5. The first-order valence-corrected chi connectivity index (χ1v) is 6.72. The summed E-state index contributed by atoms with van der Waals surface area (Å²) in [6.45, 7) is 1.88. The average Bonchev–Trinajstić information content (AvgIpc) is 2.49. The highest BCUT2D eigenvalue weighted by atomic mass is 19.1. The van der Waals surface area contributed by atoms with Crippen molar-refractivity contribution in [3.63, 3.8) is 0 Å². The molecule has 3 rings (SSSR count). The fourth-order valence-corrected chi connectivity index (χ4v) is 2.56. The average molecular weight is 286 g/mol. The third kappa shape index (κ3) is 2.49. The summed E-state index contributed by atoms with van der Waals surface area (Å²) in [6.07, 6.45) is -0.253.